The van der Waals surface area contributed by atoms with E-state index in [-0.39, 0.29) is 6.10 Å². The summed E-state index contributed by atoms with van der Waals surface area (Å²) < 4.78 is 0. The molecule has 0 rings (SSSR count). The molecule has 0 saturated heterocycles. The van der Waals surface area contributed by atoms with Crippen LogP contribution in [0.15, 0.2) is 5.16 Å². The summed E-state index contributed by atoms with van der Waals surface area (Å²) in [5, 5.41) is 22.2. The molecule has 0 aliphatic carbocycles. The van der Waals surface area contributed by atoms with Crippen molar-refractivity contribution in [1.82, 2.24) is 0 Å². The van der Waals surface area contributed by atoms with Crippen molar-refractivity contribution >= 4 is 5.71 Å². The third-order valence-corrected chi connectivity index (χ3v) is 3.93. The third-order valence-electron chi connectivity index (χ3n) is 3.93. The van der Waals surface area contributed by atoms with E-state index in [1.165, 1.54) is 51.4 Å². The number of hydrogen-bond acceptors (Lipinski definition) is 3. The molecule has 0 aliphatic heterocycles. The van der Waals surface area contributed by atoms with E-state index in [4.69, 9.17) is 5.21 Å². The Morgan fingerprint density at radius 3 is 1.90 bits per heavy atom. The Morgan fingerprint density at radius 2 is 1.43 bits per heavy atom. The molecule has 0 aromatic heterocycles. The van der Waals surface area contributed by atoms with E-state index < -0.39 is 0 Å². The fourth-order valence-electron chi connectivity index (χ4n) is 2.73. The quantitative estimate of drug-likeness (QED) is 0.192. The van der Waals surface area contributed by atoms with Gasteiger partial charge in [-0.05, 0) is 25.2 Å². The van der Waals surface area contributed by atoms with Crippen molar-refractivity contribution in [2.24, 2.45) is 11.1 Å². The summed E-state index contributed by atoms with van der Waals surface area (Å²) in [6.45, 7) is 6.44. The largest absolute Gasteiger partial charge is 0.411 e. The average molecular weight is 299 g/mol. The molecule has 3 heteroatoms. The van der Waals surface area contributed by atoms with Crippen LogP contribution in [0.1, 0.15) is 97.8 Å². The van der Waals surface area contributed by atoms with Gasteiger partial charge in [0.2, 0.25) is 0 Å². The zero-order chi connectivity index (χ0) is 15.9. The standard InChI is InChI=1S/C18H37NO2/c1-4-5-6-7-8-9-10-11-12-13-17(19-21)15-18(20)14-16(2)3/h16,18,20-21H,4-15H2,1-3H3. The summed E-state index contributed by atoms with van der Waals surface area (Å²) in [5.41, 5.74) is 0.756. The summed E-state index contributed by atoms with van der Waals surface area (Å²) in [6.07, 6.45) is 13.4. The van der Waals surface area contributed by atoms with E-state index in [1.54, 1.807) is 0 Å². The fraction of sp³-hybridized carbons (Fsp3) is 0.944. The first kappa shape index (κ1) is 20.4. The van der Waals surface area contributed by atoms with E-state index in [0.717, 1.165) is 25.0 Å². The summed E-state index contributed by atoms with van der Waals surface area (Å²) >= 11 is 0. The van der Waals surface area contributed by atoms with E-state index in [1.807, 2.05) is 0 Å². The molecule has 0 spiro atoms. The van der Waals surface area contributed by atoms with E-state index in [9.17, 15) is 5.11 Å². The highest BCUT2D eigenvalue weighted by Gasteiger charge is 2.11. The maximum atomic E-state index is 9.87. The maximum Gasteiger partial charge on any atom is 0.0596 e. The zero-order valence-electron chi connectivity index (χ0n) is 14.5. The normalized spacial score (nSPS) is 13.9. The van der Waals surface area contributed by atoms with Crippen LogP contribution in [0.4, 0.5) is 0 Å². The monoisotopic (exact) mass is 299 g/mol. The van der Waals surface area contributed by atoms with Crippen molar-refractivity contribution in [2.75, 3.05) is 0 Å². The lowest BCUT2D eigenvalue weighted by atomic mass is 9.98. The van der Waals surface area contributed by atoms with Crippen molar-refractivity contribution in [1.29, 1.82) is 0 Å². The summed E-state index contributed by atoms with van der Waals surface area (Å²) in [4.78, 5) is 0. The maximum absolute atomic E-state index is 9.87. The molecule has 0 aromatic carbocycles. The predicted octanol–water partition coefficient (Wildman–Crippen LogP) is 5.53. The van der Waals surface area contributed by atoms with Gasteiger partial charge in [-0.1, -0.05) is 77.3 Å². The molecule has 0 radical (unpaired) electrons. The van der Waals surface area contributed by atoms with Crippen LogP contribution in [0.25, 0.3) is 0 Å². The molecule has 126 valence electrons. The Morgan fingerprint density at radius 1 is 0.905 bits per heavy atom. The van der Waals surface area contributed by atoms with Crippen LogP contribution in [-0.2, 0) is 0 Å². The van der Waals surface area contributed by atoms with Gasteiger partial charge in [-0.15, -0.1) is 0 Å². The number of aliphatic hydroxyl groups is 1. The Hall–Kier alpha value is -0.570. The lowest BCUT2D eigenvalue weighted by molar-refractivity contribution is 0.154. The van der Waals surface area contributed by atoms with Gasteiger partial charge in [0.25, 0.3) is 0 Å². The van der Waals surface area contributed by atoms with Crippen LogP contribution in [-0.4, -0.2) is 22.1 Å². The van der Waals surface area contributed by atoms with Gasteiger partial charge in [-0.2, -0.15) is 0 Å². The molecule has 2 N–H and O–H groups in total. The van der Waals surface area contributed by atoms with Crippen molar-refractivity contribution in [3.63, 3.8) is 0 Å². The van der Waals surface area contributed by atoms with Crippen molar-refractivity contribution in [3.8, 4) is 0 Å². The molecule has 0 aliphatic rings. The lowest BCUT2D eigenvalue weighted by Gasteiger charge is -2.13. The minimum absolute atomic E-state index is 0.366. The molecule has 3 nitrogen and oxygen atoms in total. The topological polar surface area (TPSA) is 52.8 Å². The molecule has 1 unspecified atom stereocenters. The molecule has 0 saturated carbocycles. The van der Waals surface area contributed by atoms with Crippen molar-refractivity contribution in [3.05, 3.63) is 0 Å². The SMILES string of the molecule is CCCCCCCCCCCC(CC(O)CC(C)C)=NO. The Balaban J connectivity index is 3.51. The first-order chi connectivity index (χ1) is 10.1. The summed E-state index contributed by atoms with van der Waals surface area (Å²) in [6, 6.07) is 0. The van der Waals surface area contributed by atoms with Crippen LogP contribution >= 0.6 is 0 Å². The minimum atomic E-state index is -0.366. The molecular weight excluding hydrogens is 262 g/mol. The van der Waals surface area contributed by atoms with Gasteiger partial charge >= 0.3 is 0 Å². The average Bonchev–Trinajstić information content (AvgIpc) is 2.43. The van der Waals surface area contributed by atoms with Gasteiger partial charge in [-0.25, -0.2) is 0 Å². The molecule has 21 heavy (non-hydrogen) atoms. The number of hydrogen-bond donors (Lipinski definition) is 2. The van der Waals surface area contributed by atoms with Crippen molar-refractivity contribution in [2.45, 2.75) is 104 Å². The molecule has 0 fully saturated rings. The number of nitrogens with zero attached hydrogens (tertiary/aromatic N) is 1. The van der Waals surface area contributed by atoms with Crippen molar-refractivity contribution < 1.29 is 10.3 Å². The molecule has 0 heterocycles. The number of oxime groups is 1. The second-order valence-corrected chi connectivity index (χ2v) is 6.73. The predicted molar refractivity (Wildman–Crippen MR) is 91.1 cm³/mol. The van der Waals surface area contributed by atoms with Gasteiger partial charge in [0, 0.05) is 6.42 Å². The van der Waals surface area contributed by atoms with Gasteiger partial charge in [0.15, 0.2) is 0 Å². The van der Waals surface area contributed by atoms with Crippen LogP contribution < -0.4 is 0 Å². The molecule has 0 amide bonds. The van der Waals surface area contributed by atoms with Gasteiger partial charge in [-0.3, -0.25) is 0 Å². The van der Waals surface area contributed by atoms with Gasteiger partial charge in [0.1, 0.15) is 0 Å². The Kier molecular flexibility index (Phi) is 14.0. The fourth-order valence-corrected chi connectivity index (χ4v) is 2.73. The Bertz CT molecular complexity index is 252. The molecule has 0 aromatic rings. The van der Waals surface area contributed by atoms with Crippen LogP contribution in [0.5, 0.6) is 0 Å². The second kappa shape index (κ2) is 14.4. The number of unbranched alkanes of at least 4 members (excludes halogenated alkanes) is 8. The Labute approximate surface area is 131 Å². The number of rotatable bonds is 14. The molecular formula is C18H37NO2. The third kappa shape index (κ3) is 14.1. The highest BCUT2D eigenvalue weighted by Crippen LogP contribution is 2.14. The van der Waals surface area contributed by atoms with E-state index in [2.05, 4.69) is 25.9 Å². The van der Waals surface area contributed by atoms with Gasteiger partial charge < -0.3 is 10.3 Å². The van der Waals surface area contributed by atoms with Crippen LogP contribution in [0.2, 0.25) is 0 Å². The van der Waals surface area contributed by atoms with E-state index >= 15 is 0 Å². The second-order valence-electron chi connectivity index (χ2n) is 6.73. The smallest absolute Gasteiger partial charge is 0.0596 e. The first-order valence-electron chi connectivity index (χ1n) is 8.98. The van der Waals surface area contributed by atoms with Crippen LogP contribution in [0, 0.1) is 5.92 Å². The molecule has 1 atom stereocenters. The highest BCUT2D eigenvalue weighted by molar-refractivity contribution is 5.84. The molecule has 0 bridgehead atoms. The van der Waals surface area contributed by atoms with Crippen LogP contribution in [0.3, 0.4) is 0 Å². The minimum Gasteiger partial charge on any atom is -0.411 e. The number of aliphatic hydroxyl groups excluding tert-OH is 1. The summed E-state index contributed by atoms with van der Waals surface area (Å²) in [5.74, 6) is 0.479. The lowest BCUT2D eigenvalue weighted by Crippen LogP contribution is -2.15. The van der Waals surface area contributed by atoms with Gasteiger partial charge in [0.05, 0.1) is 11.8 Å². The van der Waals surface area contributed by atoms with E-state index in [0.29, 0.717) is 12.3 Å². The summed E-state index contributed by atoms with van der Waals surface area (Å²) in [7, 11) is 0. The zero-order valence-corrected chi connectivity index (χ0v) is 14.5. The highest BCUT2D eigenvalue weighted by atomic mass is 16.4. The first-order valence-corrected chi connectivity index (χ1v) is 8.98.